The zero-order valence-electron chi connectivity index (χ0n) is 10.7. The number of carbonyl (C=O) groups excluding carboxylic acids is 2. The van der Waals surface area contributed by atoms with E-state index in [4.69, 9.17) is 4.74 Å². The van der Waals surface area contributed by atoms with Gasteiger partial charge in [0.05, 0.1) is 17.3 Å². The molecule has 98 valence electrons. The van der Waals surface area contributed by atoms with Crippen LogP contribution in [0.25, 0.3) is 0 Å². The fourth-order valence-electron chi connectivity index (χ4n) is 2.16. The number of ether oxygens (including phenoxy) is 1. The van der Waals surface area contributed by atoms with Crippen molar-refractivity contribution in [1.29, 1.82) is 0 Å². The fraction of sp³-hybridized carbons (Fsp3) is 0.615. The maximum atomic E-state index is 11.7. The van der Waals surface area contributed by atoms with Gasteiger partial charge in [0.2, 0.25) is 0 Å². The molecular weight excluding hydrogens is 250 g/mol. The highest BCUT2D eigenvalue weighted by molar-refractivity contribution is 7.13. The molecule has 2 rings (SSSR count). The summed E-state index contributed by atoms with van der Waals surface area (Å²) < 4.78 is 5.00. The van der Waals surface area contributed by atoms with Gasteiger partial charge in [-0.3, -0.25) is 4.79 Å². The number of carbonyl (C=O) groups is 2. The Kier molecular flexibility index (Phi) is 4.11. The molecule has 0 spiro atoms. The number of ketones is 1. The highest BCUT2D eigenvalue weighted by Gasteiger charge is 2.25. The zero-order valence-corrected chi connectivity index (χ0v) is 11.5. The van der Waals surface area contributed by atoms with Gasteiger partial charge in [-0.2, -0.15) is 0 Å². The summed E-state index contributed by atoms with van der Waals surface area (Å²) in [6, 6.07) is 0. The lowest BCUT2D eigenvalue weighted by Gasteiger charge is -2.18. The van der Waals surface area contributed by atoms with Gasteiger partial charge in [0, 0.05) is 18.8 Å². The molecule has 1 aliphatic carbocycles. The second-order valence-electron chi connectivity index (χ2n) is 4.50. The molecule has 1 heterocycles. The SMILES string of the molecule is CCOC(=O)c1sc(C2CCC(=O)CC2)nc1C. The Bertz CT molecular complexity index is 457. The molecule has 0 unspecified atom stereocenters. The first-order valence-electron chi connectivity index (χ1n) is 6.28. The largest absolute Gasteiger partial charge is 0.462 e. The molecule has 0 N–H and O–H groups in total. The van der Waals surface area contributed by atoms with E-state index in [0.717, 1.165) is 23.5 Å². The van der Waals surface area contributed by atoms with Crippen LogP contribution in [0.4, 0.5) is 0 Å². The lowest BCUT2D eigenvalue weighted by atomic mass is 9.89. The quantitative estimate of drug-likeness (QED) is 0.790. The van der Waals surface area contributed by atoms with Crippen molar-refractivity contribution in [2.75, 3.05) is 6.61 Å². The molecule has 1 aliphatic rings. The normalized spacial score (nSPS) is 16.9. The summed E-state index contributed by atoms with van der Waals surface area (Å²) in [7, 11) is 0. The van der Waals surface area contributed by atoms with Crippen LogP contribution in [0.1, 0.15) is 58.9 Å². The van der Waals surface area contributed by atoms with Crippen molar-refractivity contribution < 1.29 is 14.3 Å². The summed E-state index contributed by atoms with van der Waals surface area (Å²) >= 11 is 1.42. The fourth-order valence-corrected chi connectivity index (χ4v) is 3.29. The number of aromatic nitrogens is 1. The predicted octanol–water partition coefficient (Wildman–Crippen LogP) is 2.85. The number of nitrogens with zero attached hydrogens (tertiary/aromatic N) is 1. The number of esters is 1. The molecular formula is C13H17NO3S. The van der Waals surface area contributed by atoms with E-state index in [1.165, 1.54) is 11.3 Å². The molecule has 18 heavy (non-hydrogen) atoms. The minimum Gasteiger partial charge on any atom is -0.462 e. The number of aryl methyl sites for hydroxylation is 1. The first-order valence-corrected chi connectivity index (χ1v) is 7.09. The summed E-state index contributed by atoms with van der Waals surface area (Å²) in [6.45, 7) is 4.01. The zero-order chi connectivity index (χ0) is 13.1. The van der Waals surface area contributed by atoms with Crippen molar-refractivity contribution in [3.8, 4) is 0 Å². The maximum Gasteiger partial charge on any atom is 0.350 e. The molecule has 0 aliphatic heterocycles. The van der Waals surface area contributed by atoms with E-state index in [-0.39, 0.29) is 5.97 Å². The molecule has 0 amide bonds. The third kappa shape index (κ3) is 2.77. The smallest absolute Gasteiger partial charge is 0.350 e. The Labute approximate surface area is 110 Å². The van der Waals surface area contributed by atoms with Crippen LogP contribution in [-0.4, -0.2) is 23.3 Å². The van der Waals surface area contributed by atoms with E-state index in [9.17, 15) is 9.59 Å². The van der Waals surface area contributed by atoms with Crippen LogP contribution in [0, 0.1) is 6.92 Å². The summed E-state index contributed by atoms with van der Waals surface area (Å²) in [5.74, 6) is 0.380. The molecule has 0 aromatic carbocycles. The highest BCUT2D eigenvalue weighted by atomic mass is 32.1. The van der Waals surface area contributed by atoms with Gasteiger partial charge in [-0.25, -0.2) is 9.78 Å². The van der Waals surface area contributed by atoms with Crippen molar-refractivity contribution in [2.45, 2.75) is 45.4 Å². The minimum atomic E-state index is -0.286. The first-order chi connectivity index (χ1) is 8.61. The van der Waals surface area contributed by atoms with Gasteiger partial charge in [-0.15, -0.1) is 11.3 Å². The van der Waals surface area contributed by atoms with Crippen molar-refractivity contribution in [1.82, 2.24) is 4.98 Å². The van der Waals surface area contributed by atoms with Gasteiger partial charge in [0.15, 0.2) is 0 Å². The van der Waals surface area contributed by atoms with Crippen LogP contribution in [0.15, 0.2) is 0 Å². The monoisotopic (exact) mass is 267 g/mol. The van der Waals surface area contributed by atoms with Crippen LogP contribution < -0.4 is 0 Å². The molecule has 0 atom stereocenters. The average molecular weight is 267 g/mol. The summed E-state index contributed by atoms with van der Waals surface area (Å²) in [5, 5.41) is 0.975. The van der Waals surface area contributed by atoms with E-state index < -0.39 is 0 Å². The number of hydrogen-bond acceptors (Lipinski definition) is 5. The summed E-state index contributed by atoms with van der Waals surface area (Å²) in [4.78, 5) is 28.0. The van der Waals surface area contributed by atoms with Gasteiger partial charge >= 0.3 is 5.97 Å². The molecule has 5 heteroatoms. The Hall–Kier alpha value is -1.23. The number of rotatable bonds is 3. The van der Waals surface area contributed by atoms with Gasteiger partial charge in [0.1, 0.15) is 10.7 Å². The van der Waals surface area contributed by atoms with Gasteiger partial charge in [-0.1, -0.05) is 0 Å². The third-order valence-electron chi connectivity index (χ3n) is 3.17. The molecule has 1 saturated carbocycles. The molecule has 1 aromatic heterocycles. The van der Waals surface area contributed by atoms with Crippen molar-refractivity contribution in [3.05, 3.63) is 15.6 Å². The second-order valence-corrected chi connectivity index (χ2v) is 5.53. The van der Waals surface area contributed by atoms with Crippen molar-refractivity contribution in [3.63, 3.8) is 0 Å². The number of hydrogen-bond donors (Lipinski definition) is 0. The Morgan fingerprint density at radius 2 is 2.11 bits per heavy atom. The van der Waals surface area contributed by atoms with E-state index in [0.29, 0.717) is 36.0 Å². The Morgan fingerprint density at radius 1 is 1.44 bits per heavy atom. The predicted molar refractivity (Wildman–Crippen MR) is 69.0 cm³/mol. The molecule has 0 bridgehead atoms. The van der Waals surface area contributed by atoms with Crippen LogP contribution in [0.3, 0.4) is 0 Å². The molecule has 0 radical (unpaired) electrons. The van der Waals surface area contributed by atoms with Crippen molar-refractivity contribution in [2.24, 2.45) is 0 Å². The third-order valence-corrected chi connectivity index (χ3v) is 4.47. The van der Waals surface area contributed by atoms with Gasteiger partial charge in [-0.05, 0) is 26.7 Å². The lowest BCUT2D eigenvalue weighted by molar-refractivity contribution is -0.120. The average Bonchev–Trinajstić information content (AvgIpc) is 2.72. The summed E-state index contributed by atoms with van der Waals surface area (Å²) in [5.41, 5.74) is 0.741. The summed E-state index contributed by atoms with van der Waals surface area (Å²) in [6.07, 6.45) is 2.98. The van der Waals surface area contributed by atoms with E-state index >= 15 is 0 Å². The van der Waals surface area contributed by atoms with Crippen molar-refractivity contribution >= 4 is 23.1 Å². The minimum absolute atomic E-state index is 0.286. The van der Waals surface area contributed by atoms with E-state index in [1.807, 2.05) is 6.92 Å². The Morgan fingerprint density at radius 3 is 2.72 bits per heavy atom. The maximum absolute atomic E-state index is 11.7. The van der Waals surface area contributed by atoms with E-state index in [1.54, 1.807) is 6.92 Å². The van der Waals surface area contributed by atoms with Crippen LogP contribution in [0.2, 0.25) is 0 Å². The van der Waals surface area contributed by atoms with E-state index in [2.05, 4.69) is 4.98 Å². The molecule has 1 fully saturated rings. The standard InChI is InChI=1S/C13H17NO3S/c1-3-17-13(16)11-8(2)14-12(18-11)9-4-6-10(15)7-5-9/h9H,3-7H2,1-2H3. The molecule has 1 aromatic rings. The topological polar surface area (TPSA) is 56.3 Å². The number of thiazole rings is 1. The van der Waals surface area contributed by atoms with Crippen LogP contribution in [-0.2, 0) is 9.53 Å². The number of Topliss-reactive ketones (excluding diaryl/α,β-unsaturated/α-hetero) is 1. The van der Waals surface area contributed by atoms with Crippen LogP contribution in [0.5, 0.6) is 0 Å². The van der Waals surface area contributed by atoms with Crippen LogP contribution >= 0.6 is 11.3 Å². The second kappa shape index (κ2) is 5.61. The first kappa shape index (κ1) is 13.2. The Balaban J connectivity index is 2.13. The van der Waals surface area contributed by atoms with Gasteiger partial charge < -0.3 is 4.74 Å². The molecule has 0 saturated heterocycles. The lowest BCUT2D eigenvalue weighted by Crippen LogP contribution is -2.12. The van der Waals surface area contributed by atoms with Gasteiger partial charge in [0.25, 0.3) is 0 Å². The molecule has 4 nitrogen and oxygen atoms in total. The highest BCUT2D eigenvalue weighted by Crippen LogP contribution is 2.34.